The van der Waals surface area contributed by atoms with Crippen molar-refractivity contribution < 1.29 is 14.3 Å². The Morgan fingerprint density at radius 2 is 1.77 bits per heavy atom. The fraction of sp³-hybridized carbons (Fsp3) is 0.300. The maximum absolute atomic E-state index is 12.5. The molecule has 2 aromatic carbocycles. The fourth-order valence-electron chi connectivity index (χ4n) is 2.46. The molecule has 0 spiro atoms. The largest absolute Gasteiger partial charge is 0.491 e. The smallest absolute Gasteiger partial charge is 0.253 e. The van der Waals surface area contributed by atoms with Crippen LogP contribution in [0.1, 0.15) is 29.8 Å². The van der Waals surface area contributed by atoms with E-state index in [0.29, 0.717) is 30.1 Å². The van der Waals surface area contributed by atoms with Gasteiger partial charge in [0.05, 0.1) is 23.8 Å². The standard InChI is InChI=1S/C20H25N3O3/c1-14(2)26-18-10-6-3-7-15(18)13-19(24)23-17-9-5-4-8-16(17)20(25)22-12-11-21/h3-10,14H,11-13,21H2,1-2H3,(H,22,25)(H,23,24). The predicted molar refractivity (Wildman–Crippen MR) is 102 cm³/mol. The van der Waals surface area contributed by atoms with Crippen molar-refractivity contribution in [3.05, 3.63) is 59.7 Å². The van der Waals surface area contributed by atoms with Crippen molar-refractivity contribution in [1.82, 2.24) is 5.32 Å². The molecular weight excluding hydrogens is 330 g/mol. The van der Waals surface area contributed by atoms with Gasteiger partial charge in [0.15, 0.2) is 0 Å². The molecular formula is C20H25N3O3. The topological polar surface area (TPSA) is 93.4 Å². The van der Waals surface area contributed by atoms with Gasteiger partial charge in [0.2, 0.25) is 5.91 Å². The molecule has 4 N–H and O–H groups in total. The van der Waals surface area contributed by atoms with Gasteiger partial charge in [0.1, 0.15) is 5.75 Å². The zero-order valence-electron chi connectivity index (χ0n) is 15.1. The Labute approximate surface area is 153 Å². The molecule has 0 bridgehead atoms. The van der Waals surface area contributed by atoms with Gasteiger partial charge in [0, 0.05) is 18.7 Å². The highest BCUT2D eigenvalue weighted by Crippen LogP contribution is 2.21. The van der Waals surface area contributed by atoms with Gasteiger partial charge >= 0.3 is 0 Å². The van der Waals surface area contributed by atoms with Crippen molar-refractivity contribution >= 4 is 17.5 Å². The number of rotatable bonds is 8. The Bertz CT molecular complexity index is 759. The molecule has 0 fully saturated rings. The molecule has 0 radical (unpaired) electrons. The van der Waals surface area contributed by atoms with Gasteiger partial charge in [-0.05, 0) is 32.0 Å². The van der Waals surface area contributed by atoms with Crippen LogP contribution in [-0.4, -0.2) is 31.0 Å². The van der Waals surface area contributed by atoms with Gasteiger partial charge in [0.25, 0.3) is 5.91 Å². The third-order valence-electron chi connectivity index (χ3n) is 3.56. The van der Waals surface area contributed by atoms with Crippen LogP contribution in [0.4, 0.5) is 5.69 Å². The summed E-state index contributed by atoms with van der Waals surface area (Å²) in [4.78, 5) is 24.7. The summed E-state index contributed by atoms with van der Waals surface area (Å²) in [6.07, 6.45) is 0.174. The molecule has 0 saturated carbocycles. The average molecular weight is 355 g/mol. The molecule has 138 valence electrons. The van der Waals surface area contributed by atoms with Crippen LogP contribution in [0.2, 0.25) is 0 Å². The van der Waals surface area contributed by atoms with Gasteiger partial charge in [-0.15, -0.1) is 0 Å². The lowest BCUT2D eigenvalue weighted by molar-refractivity contribution is -0.115. The van der Waals surface area contributed by atoms with Gasteiger partial charge in [-0.3, -0.25) is 9.59 Å². The number of anilines is 1. The van der Waals surface area contributed by atoms with Gasteiger partial charge in [-0.2, -0.15) is 0 Å². The first-order valence-corrected chi connectivity index (χ1v) is 8.63. The highest BCUT2D eigenvalue weighted by molar-refractivity contribution is 6.04. The second kappa shape index (κ2) is 9.58. The van der Waals surface area contributed by atoms with E-state index in [0.717, 1.165) is 5.56 Å². The van der Waals surface area contributed by atoms with Crippen LogP contribution in [0, 0.1) is 0 Å². The summed E-state index contributed by atoms with van der Waals surface area (Å²) in [5.41, 5.74) is 7.08. The number of benzene rings is 2. The first-order valence-electron chi connectivity index (χ1n) is 8.63. The number of ether oxygens (including phenoxy) is 1. The van der Waals surface area contributed by atoms with Crippen molar-refractivity contribution in [1.29, 1.82) is 0 Å². The normalized spacial score (nSPS) is 10.5. The third-order valence-corrected chi connectivity index (χ3v) is 3.56. The van der Waals surface area contributed by atoms with Crippen LogP contribution in [0.3, 0.4) is 0 Å². The summed E-state index contributed by atoms with van der Waals surface area (Å²) in [7, 11) is 0. The van der Waals surface area contributed by atoms with Crippen LogP contribution < -0.4 is 21.1 Å². The molecule has 0 heterocycles. The molecule has 0 aliphatic rings. The molecule has 0 aromatic heterocycles. The van der Waals surface area contributed by atoms with Gasteiger partial charge in [-0.25, -0.2) is 0 Å². The van der Waals surface area contributed by atoms with E-state index in [1.165, 1.54) is 0 Å². The lowest BCUT2D eigenvalue weighted by Gasteiger charge is -2.15. The molecule has 0 saturated heterocycles. The summed E-state index contributed by atoms with van der Waals surface area (Å²) in [6.45, 7) is 4.61. The lowest BCUT2D eigenvalue weighted by Crippen LogP contribution is -2.30. The number of nitrogens with two attached hydrogens (primary N) is 1. The Morgan fingerprint density at radius 3 is 2.50 bits per heavy atom. The first kappa shape index (κ1) is 19.5. The number of carbonyl (C=O) groups excluding carboxylic acids is 2. The molecule has 0 atom stereocenters. The summed E-state index contributed by atoms with van der Waals surface area (Å²) >= 11 is 0. The van der Waals surface area contributed by atoms with E-state index in [1.807, 2.05) is 38.1 Å². The minimum Gasteiger partial charge on any atom is -0.491 e. The van der Waals surface area contributed by atoms with E-state index in [-0.39, 0.29) is 24.3 Å². The van der Waals surface area contributed by atoms with Crippen LogP contribution in [-0.2, 0) is 11.2 Å². The highest BCUT2D eigenvalue weighted by atomic mass is 16.5. The molecule has 2 amide bonds. The van der Waals surface area contributed by atoms with Crippen LogP contribution in [0.5, 0.6) is 5.75 Å². The van der Waals surface area contributed by atoms with Crippen LogP contribution in [0.15, 0.2) is 48.5 Å². The minimum atomic E-state index is -0.269. The Morgan fingerprint density at radius 1 is 1.08 bits per heavy atom. The molecule has 2 rings (SSSR count). The Balaban J connectivity index is 2.11. The molecule has 0 aliphatic carbocycles. The van der Waals surface area contributed by atoms with Crippen LogP contribution >= 0.6 is 0 Å². The van der Waals surface area contributed by atoms with Gasteiger partial charge < -0.3 is 21.1 Å². The van der Waals surface area contributed by atoms with E-state index in [2.05, 4.69) is 10.6 Å². The van der Waals surface area contributed by atoms with Gasteiger partial charge in [-0.1, -0.05) is 30.3 Å². The number of nitrogens with one attached hydrogen (secondary N) is 2. The number of hydrogen-bond donors (Lipinski definition) is 3. The van der Waals surface area contributed by atoms with Crippen molar-refractivity contribution in [2.45, 2.75) is 26.4 Å². The number of para-hydroxylation sites is 2. The maximum atomic E-state index is 12.5. The molecule has 0 aliphatic heterocycles. The van der Waals surface area contributed by atoms with E-state index >= 15 is 0 Å². The first-order chi connectivity index (χ1) is 12.5. The summed E-state index contributed by atoms with van der Waals surface area (Å²) in [6, 6.07) is 14.3. The SMILES string of the molecule is CC(C)Oc1ccccc1CC(=O)Nc1ccccc1C(=O)NCCN. The van der Waals surface area contributed by atoms with Crippen molar-refractivity contribution in [2.75, 3.05) is 18.4 Å². The Kier molecular flexibility index (Phi) is 7.17. The van der Waals surface area contributed by atoms with E-state index in [4.69, 9.17) is 10.5 Å². The van der Waals surface area contributed by atoms with Crippen LogP contribution in [0.25, 0.3) is 0 Å². The fourth-order valence-corrected chi connectivity index (χ4v) is 2.46. The predicted octanol–water partition coefficient (Wildman–Crippen LogP) is 2.34. The quantitative estimate of drug-likeness (QED) is 0.677. The van der Waals surface area contributed by atoms with E-state index in [9.17, 15) is 9.59 Å². The van der Waals surface area contributed by atoms with Crippen molar-refractivity contribution in [3.63, 3.8) is 0 Å². The number of amides is 2. The highest BCUT2D eigenvalue weighted by Gasteiger charge is 2.14. The molecule has 2 aromatic rings. The molecule has 0 unspecified atom stereocenters. The lowest BCUT2D eigenvalue weighted by atomic mass is 10.1. The number of carbonyl (C=O) groups is 2. The zero-order chi connectivity index (χ0) is 18.9. The summed E-state index contributed by atoms with van der Waals surface area (Å²) in [5, 5.41) is 5.52. The second-order valence-electron chi connectivity index (χ2n) is 6.09. The molecule has 6 nitrogen and oxygen atoms in total. The monoisotopic (exact) mass is 355 g/mol. The Hall–Kier alpha value is -2.86. The van der Waals surface area contributed by atoms with Crippen molar-refractivity contribution in [2.24, 2.45) is 5.73 Å². The summed E-state index contributed by atoms with van der Waals surface area (Å²) < 4.78 is 5.75. The van der Waals surface area contributed by atoms with E-state index in [1.54, 1.807) is 24.3 Å². The van der Waals surface area contributed by atoms with E-state index < -0.39 is 0 Å². The second-order valence-corrected chi connectivity index (χ2v) is 6.09. The average Bonchev–Trinajstić information content (AvgIpc) is 2.61. The van der Waals surface area contributed by atoms with Crippen molar-refractivity contribution in [3.8, 4) is 5.75 Å². The third kappa shape index (κ3) is 5.60. The maximum Gasteiger partial charge on any atom is 0.253 e. The number of hydrogen-bond acceptors (Lipinski definition) is 4. The summed E-state index contributed by atoms with van der Waals surface area (Å²) in [5.74, 6) is 0.199. The molecule has 6 heteroatoms. The molecule has 26 heavy (non-hydrogen) atoms. The minimum absolute atomic E-state index is 0.0196. The zero-order valence-corrected chi connectivity index (χ0v) is 15.1.